The van der Waals surface area contributed by atoms with Crippen LogP contribution in [0.1, 0.15) is 34.3 Å². The van der Waals surface area contributed by atoms with Gasteiger partial charge in [0.1, 0.15) is 0 Å². The average molecular weight is 414 g/mol. The molecular weight excluding hydrogens is 386 g/mol. The van der Waals surface area contributed by atoms with Crippen LogP contribution in [0.25, 0.3) is 11.1 Å². The van der Waals surface area contributed by atoms with Gasteiger partial charge in [0.15, 0.2) is 0 Å². The lowest BCUT2D eigenvalue weighted by Crippen LogP contribution is -2.53. The van der Waals surface area contributed by atoms with E-state index in [-0.39, 0.29) is 11.8 Å². The van der Waals surface area contributed by atoms with E-state index in [0.29, 0.717) is 31.5 Å². The minimum absolute atomic E-state index is 0.106. The van der Waals surface area contributed by atoms with Crippen molar-refractivity contribution >= 4 is 11.8 Å². The number of nitrogens with zero attached hydrogens (tertiary/aromatic N) is 2. The first-order valence-electron chi connectivity index (χ1n) is 10.6. The Kier molecular flexibility index (Phi) is 5.85. The molecule has 1 aromatic heterocycles. The second kappa shape index (κ2) is 8.72. The van der Waals surface area contributed by atoms with E-state index in [2.05, 4.69) is 48.3 Å². The summed E-state index contributed by atoms with van der Waals surface area (Å²) in [5, 5.41) is 0. The van der Waals surface area contributed by atoms with Crippen molar-refractivity contribution in [2.24, 2.45) is 11.1 Å². The van der Waals surface area contributed by atoms with Crippen molar-refractivity contribution < 1.29 is 9.59 Å². The molecule has 0 aliphatic carbocycles. The highest BCUT2D eigenvalue weighted by Crippen LogP contribution is 2.37. The van der Waals surface area contributed by atoms with Gasteiger partial charge >= 0.3 is 0 Å². The van der Waals surface area contributed by atoms with Gasteiger partial charge in [0, 0.05) is 25.5 Å². The molecule has 0 radical (unpaired) electrons. The lowest BCUT2D eigenvalue weighted by atomic mass is 9.73. The Balaban J connectivity index is 1.65. The average Bonchev–Trinajstić information content (AvgIpc) is 2.80. The van der Waals surface area contributed by atoms with Crippen LogP contribution in [0, 0.1) is 12.3 Å². The molecule has 0 unspecified atom stereocenters. The first-order chi connectivity index (χ1) is 15.0. The van der Waals surface area contributed by atoms with Gasteiger partial charge in [-0.1, -0.05) is 54.1 Å². The van der Waals surface area contributed by atoms with Gasteiger partial charge in [-0.05, 0) is 55.0 Å². The Hall–Kier alpha value is -3.47. The molecule has 1 aliphatic heterocycles. The van der Waals surface area contributed by atoms with Crippen LogP contribution in [0.15, 0.2) is 73.1 Å². The summed E-state index contributed by atoms with van der Waals surface area (Å²) in [6.45, 7) is 2.99. The molecule has 2 heterocycles. The minimum atomic E-state index is -0.795. The number of carbonyl (C=O) groups is 2. The van der Waals surface area contributed by atoms with Crippen molar-refractivity contribution in [1.82, 2.24) is 9.88 Å². The second-order valence-electron chi connectivity index (χ2n) is 8.42. The Bertz CT molecular complexity index is 1080. The summed E-state index contributed by atoms with van der Waals surface area (Å²) < 4.78 is 0. The molecule has 0 saturated carbocycles. The molecule has 1 fully saturated rings. The van der Waals surface area contributed by atoms with E-state index < -0.39 is 5.41 Å². The summed E-state index contributed by atoms with van der Waals surface area (Å²) in [7, 11) is 0. The smallest absolute Gasteiger partial charge is 0.255 e. The van der Waals surface area contributed by atoms with Gasteiger partial charge in [0.05, 0.1) is 11.0 Å². The van der Waals surface area contributed by atoms with Gasteiger partial charge in [-0.2, -0.15) is 0 Å². The number of piperidine rings is 1. The van der Waals surface area contributed by atoms with Crippen LogP contribution < -0.4 is 5.73 Å². The number of carbonyl (C=O) groups excluding carboxylic acids is 2. The molecule has 0 spiro atoms. The molecule has 3 aromatic rings. The fraction of sp³-hybridized carbons (Fsp3) is 0.269. The lowest BCUT2D eigenvalue weighted by Gasteiger charge is -2.41. The second-order valence-corrected chi connectivity index (χ2v) is 8.42. The number of pyridine rings is 1. The van der Waals surface area contributed by atoms with Crippen LogP contribution in [0.3, 0.4) is 0 Å². The first kappa shape index (κ1) is 20.8. The Morgan fingerprint density at radius 2 is 1.84 bits per heavy atom. The maximum absolute atomic E-state index is 13.0. The number of amides is 2. The summed E-state index contributed by atoms with van der Waals surface area (Å²) in [4.78, 5) is 31.6. The van der Waals surface area contributed by atoms with Crippen LogP contribution >= 0.6 is 0 Å². The maximum Gasteiger partial charge on any atom is 0.255 e. The number of primary amides is 1. The molecule has 1 atom stereocenters. The number of likely N-dealkylation sites (tertiary alicyclic amines) is 1. The van der Waals surface area contributed by atoms with Crippen LogP contribution in [-0.2, 0) is 11.2 Å². The van der Waals surface area contributed by atoms with Gasteiger partial charge in [0.2, 0.25) is 5.91 Å². The van der Waals surface area contributed by atoms with Crippen LogP contribution in [-0.4, -0.2) is 34.8 Å². The zero-order valence-electron chi connectivity index (χ0n) is 17.8. The monoisotopic (exact) mass is 413 g/mol. The van der Waals surface area contributed by atoms with Crippen molar-refractivity contribution in [2.45, 2.75) is 26.2 Å². The Morgan fingerprint density at radius 1 is 1.06 bits per heavy atom. The van der Waals surface area contributed by atoms with Crippen LogP contribution in [0.2, 0.25) is 0 Å². The number of rotatable bonds is 5. The van der Waals surface area contributed by atoms with Gasteiger partial charge in [-0.3, -0.25) is 14.6 Å². The van der Waals surface area contributed by atoms with Crippen molar-refractivity contribution in [3.8, 4) is 11.1 Å². The van der Waals surface area contributed by atoms with E-state index in [1.807, 2.05) is 12.1 Å². The molecule has 1 saturated heterocycles. The van der Waals surface area contributed by atoms with E-state index >= 15 is 0 Å². The highest BCUT2D eigenvalue weighted by atomic mass is 16.2. The van der Waals surface area contributed by atoms with Gasteiger partial charge < -0.3 is 10.6 Å². The molecule has 5 heteroatoms. The summed E-state index contributed by atoms with van der Waals surface area (Å²) >= 11 is 0. The summed E-state index contributed by atoms with van der Waals surface area (Å²) in [5.41, 5.74) is 10.2. The number of aromatic nitrogens is 1. The Labute approximate surface area is 182 Å². The molecule has 2 amide bonds. The van der Waals surface area contributed by atoms with Crippen LogP contribution in [0.4, 0.5) is 0 Å². The molecule has 1 aliphatic rings. The molecule has 4 rings (SSSR count). The van der Waals surface area contributed by atoms with E-state index in [1.54, 1.807) is 29.4 Å². The van der Waals surface area contributed by atoms with E-state index in [4.69, 9.17) is 5.73 Å². The normalized spacial score (nSPS) is 18.5. The fourth-order valence-corrected chi connectivity index (χ4v) is 4.46. The van der Waals surface area contributed by atoms with Crippen molar-refractivity contribution in [3.63, 3.8) is 0 Å². The predicted molar refractivity (Wildman–Crippen MR) is 121 cm³/mol. The van der Waals surface area contributed by atoms with Crippen molar-refractivity contribution in [2.75, 3.05) is 13.1 Å². The minimum Gasteiger partial charge on any atom is -0.369 e. The molecule has 31 heavy (non-hydrogen) atoms. The van der Waals surface area contributed by atoms with E-state index in [9.17, 15) is 9.59 Å². The number of aryl methyl sites for hydroxylation is 1. The third-order valence-electron chi connectivity index (χ3n) is 6.20. The number of hydrogen-bond donors (Lipinski definition) is 1. The van der Waals surface area contributed by atoms with E-state index in [0.717, 1.165) is 23.1 Å². The first-order valence-corrected chi connectivity index (χ1v) is 10.6. The zero-order valence-corrected chi connectivity index (χ0v) is 17.8. The summed E-state index contributed by atoms with van der Waals surface area (Å²) in [6, 6.07) is 20.0. The number of hydrogen-bond acceptors (Lipinski definition) is 3. The molecule has 2 aromatic carbocycles. The standard InChI is InChI=1S/C26H27N3O2/c1-19-9-11-20(12-10-19)23-8-3-2-6-21(23)16-26(25(27)31)13-5-15-29(18-26)24(30)22-7-4-14-28-17-22/h2-4,6-12,14,17H,5,13,15-16,18H2,1H3,(H2,27,31)/t26-/m1/s1. The SMILES string of the molecule is Cc1ccc(-c2ccccc2C[C@]2(C(N)=O)CCCN(C(=O)c3cccnc3)C2)cc1. The molecule has 158 valence electrons. The largest absolute Gasteiger partial charge is 0.369 e. The van der Waals surface area contributed by atoms with Gasteiger partial charge in [0.25, 0.3) is 5.91 Å². The maximum atomic E-state index is 13.0. The molecule has 0 bridgehead atoms. The van der Waals surface area contributed by atoms with Crippen LogP contribution in [0.5, 0.6) is 0 Å². The highest BCUT2D eigenvalue weighted by molar-refractivity contribution is 5.94. The predicted octanol–water partition coefficient (Wildman–Crippen LogP) is 4.01. The Morgan fingerprint density at radius 3 is 2.55 bits per heavy atom. The number of nitrogens with two attached hydrogens (primary N) is 1. The third kappa shape index (κ3) is 4.36. The summed E-state index contributed by atoms with van der Waals surface area (Å²) in [6.07, 6.45) is 5.12. The van der Waals surface area contributed by atoms with Gasteiger partial charge in [-0.15, -0.1) is 0 Å². The van der Waals surface area contributed by atoms with Crippen molar-refractivity contribution in [1.29, 1.82) is 0 Å². The zero-order chi connectivity index (χ0) is 21.8. The quantitative estimate of drug-likeness (QED) is 0.687. The highest BCUT2D eigenvalue weighted by Gasteiger charge is 2.42. The number of benzene rings is 2. The summed E-state index contributed by atoms with van der Waals surface area (Å²) in [5.74, 6) is -0.458. The molecule has 5 nitrogen and oxygen atoms in total. The topological polar surface area (TPSA) is 76.3 Å². The van der Waals surface area contributed by atoms with Crippen molar-refractivity contribution in [3.05, 3.63) is 89.7 Å². The fourth-order valence-electron chi connectivity index (χ4n) is 4.46. The van der Waals surface area contributed by atoms with Gasteiger partial charge in [-0.25, -0.2) is 0 Å². The molecule has 2 N–H and O–H groups in total. The third-order valence-corrected chi connectivity index (χ3v) is 6.20. The molecular formula is C26H27N3O2. The lowest BCUT2D eigenvalue weighted by molar-refractivity contribution is -0.130. The van der Waals surface area contributed by atoms with E-state index in [1.165, 1.54) is 5.56 Å².